The highest BCUT2D eigenvalue weighted by atomic mass is 35.5. The van der Waals surface area contributed by atoms with Gasteiger partial charge in [0.15, 0.2) is 0 Å². The van der Waals surface area contributed by atoms with Gasteiger partial charge in [-0.15, -0.1) is 0 Å². The minimum absolute atomic E-state index is 0.174. The van der Waals surface area contributed by atoms with Crippen molar-refractivity contribution in [2.75, 3.05) is 25.0 Å². The molecule has 120 valence electrons. The molecule has 0 spiro atoms. The van der Waals surface area contributed by atoms with Crippen LogP contribution in [0.15, 0.2) is 18.2 Å². The normalized spacial score (nSPS) is 13.7. The molecule has 5 nitrogen and oxygen atoms in total. The average Bonchev–Trinajstić information content (AvgIpc) is 3.29. The maximum Gasteiger partial charge on any atom is 0.253 e. The largest absolute Gasteiger partial charge is 0.352 e. The van der Waals surface area contributed by atoms with Crippen LogP contribution in [0.3, 0.4) is 0 Å². The number of carbonyl (C=O) groups excluding carboxylic acids is 2. The Balaban J connectivity index is 1.96. The summed E-state index contributed by atoms with van der Waals surface area (Å²) in [4.78, 5) is 24.1. The third kappa shape index (κ3) is 5.31. The van der Waals surface area contributed by atoms with Crippen LogP contribution in [0.4, 0.5) is 5.69 Å². The van der Waals surface area contributed by atoms with Gasteiger partial charge in [-0.05, 0) is 49.9 Å². The predicted molar refractivity (Wildman–Crippen MR) is 88.3 cm³/mol. The molecular formula is C16H22ClN3O2. The summed E-state index contributed by atoms with van der Waals surface area (Å²) in [6.07, 6.45) is 3.33. The van der Waals surface area contributed by atoms with E-state index >= 15 is 0 Å². The molecule has 22 heavy (non-hydrogen) atoms. The fourth-order valence-corrected chi connectivity index (χ4v) is 2.23. The number of halogens is 1. The lowest BCUT2D eigenvalue weighted by Gasteiger charge is -2.12. The van der Waals surface area contributed by atoms with Gasteiger partial charge in [0.25, 0.3) is 5.91 Å². The maximum atomic E-state index is 12.1. The second-order valence-electron chi connectivity index (χ2n) is 5.57. The Morgan fingerprint density at radius 3 is 2.77 bits per heavy atom. The SMILES string of the molecule is CCCNC(=O)c1ccc(Cl)cc1NC(=O)CNCC1CC1. The van der Waals surface area contributed by atoms with Gasteiger partial charge in [-0.25, -0.2) is 0 Å². The van der Waals surface area contributed by atoms with Gasteiger partial charge in [0.2, 0.25) is 5.91 Å². The Morgan fingerprint density at radius 2 is 2.09 bits per heavy atom. The molecule has 0 aromatic heterocycles. The third-order valence-electron chi connectivity index (χ3n) is 3.45. The van der Waals surface area contributed by atoms with Crippen molar-refractivity contribution in [2.24, 2.45) is 5.92 Å². The van der Waals surface area contributed by atoms with Crippen molar-refractivity contribution in [1.82, 2.24) is 10.6 Å². The van der Waals surface area contributed by atoms with Crippen LogP contribution in [0.2, 0.25) is 5.02 Å². The molecule has 0 bridgehead atoms. The smallest absolute Gasteiger partial charge is 0.253 e. The summed E-state index contributed by atoms with van der Waals surface area (Å²) < 4.78 is 0. The molecule has 0 unspecified atom stereocenters. The minimum Gasteiger partial charge on any atom is -0.352 e. The van der Waals surface area contributed by atoms with Gasteiger partial charge in [-0.2, -0.15) is 0 Å². The van der Waals surface area contributed by atoms with E-state index in [4.69, 9.17) is 11.6 Å². The van der Waals surface area contributed by atoms with Crippen LogP contribution in [0.25, 0.3) is 0 Å². The molecule has 1 aliphatic carbocycles. The van der Waals surface area contributed by atoms with Crippen LogP contribution in [-0.2, 0) is 4.79 Å². The van der Waals surface area contributed by atoms with Crippen LogP contribution in [0, 0.1) is 5.92 Å². The van der Waals surface area contributed by atoms with Gasteiger partial charge >= 0.3 is 0 Å². The Morgan fingerprint density at radius 1 is 1.32 bits per heavy atom. The Hall–Kier alpha value is -1.59. The first-order valence-corrected chi connectivity index (χ1v) is 8.06. The Kier molecular flexibility index (Phi) is 6.21. The van der Waals surface area contributed by atoms with Gasteiger partial charge in [0.1, 0.15) is 0 Å². The highest BCUT2D eigenvalue weighted by Gasteiger charge is 2.21. The number of hydrogen-bond donors (Lipinski definition) is 3. The van der Waals surface area contributed by atoms with Crippen molar-refractivity contribution in [3.63, 3.8) is 0 Å². The molecule has 6 heteroatoms. The Bertz CT molecular complexity index is 544. The number of amides is 2. The third-order valence-corrected chi connectivity index (χ3v) is 3.69. The lowest BCUT2D eigenvalue weighted by atomic mass is 10.1. The van der Waals surface area contributed by atoms with Crippen molar-refractivity contribution < 1.29 is 9.59 Å². The van der Waals surface area contributed by atoms with Crippen molar-refractivity contribution in [1.29, 1.82) is 0 Å². The van der Waals surface area contributed by atoms with Crippen LogP contribution in [0.1, 0.15) is 36.5 Å². The molecule has 0 atom stereocenters. The molecule has 0 radical (unpaired) electrons. The first-order chi connectivity index (χ1) is 10.6. The van der Waals surface area contributed by atoms with Gasteiger partial charge < -0.3 is 16.0 Å². The standard InChI is InChI=1S/C16H22ClN3O2/c1-2-7-19-16(22)13-6-5-12(17)8-14(13)20-15(21)10-18-9-11-3-4-11/h5-6,8,11,18H,2-4,7,9-10H2,1H3,(H,19,22)(H,20,21). The topological polar surface area (TPSA) is 70.2 Å². The number of carbonyl (C=O) groups is 2. The van der Waals surface area contributed by atoms with Crippen molar-refractivity contribution >= 4 is 29.1 Å². The quantitative estimate of drug-likeness (QED) is 0.688. The number of anilines is 1. The molecule has 1 fully saturated rings. The molecule has 0 heterocycles. The van der Waals surface area contributed by atoms with Crippen molar-refractivity contribution in [2.45, 2.75) is 26.2 Å². The van der Waals surface area contributed by atoms with E-state index in [2.05, 4.69) is 16.0 Å². The van der Waals surface area contributed by atoms with E-state index in [-0.39, 0.29) is 18.4 Å². The van der Waals surface area contributed by atoms with Crippen LogP contribution >= 0.6 is 11.6 Å². The Labute approximate surface area is 135 Å². The van der Waals surface area contributed by atoms with E-state index in [1.54, 1.807) is 18.2 Å². The molecule has 1 aromatic carbocycles. The van der Waals surface area contributed by atoms with Crippen LogP contribution in [-0.4, -0.2) is 31.4 Å². The second kappa shape index (κ2) is 8.15. The van der Waals surface area contributed by atoms with Crippen LogP contribution in [0.5, 0.6) is 0 Å². The highest BCUT2D eigenvalue weighted by molar-refractivity contribution is 6.31. The fraction of sp³-hybridized carbons (Fsp3) is 0.500. The van der Waals surface area contributed by atoms with E-state index in [0.717, 1.165) is 13.0 Å². The zero-order valence-electron chi connectivity index (χ0n) is 12.7. The van der Waals surface area contributed by atoms with Gasteiger partial charge in [-0.1, -0.05) is 18.5 Å². The molecule has 3 N–H and O–H groups in total. The summed E-state index contributed by atoms with van der Waals surface area (Å²) in [5.74, 6) is 0.335. The lowest BCUT2D eigenvalue weighted by Crippen LogP contribution is -2.31. The summed E-state index contributed by atoms with van der Waals surface area (Å²) in [6.45, 7) is 3.68. The van der Waals surface area contributed by atoms with Gasteiger partial charge in [0, 0.05) is 11.6 Å². The molecule has 1 aromatic rings. The van der Waals surface area contributed by atoms with E-state index < -0.39 is 0 Å². The number of benzene rings is 1. The van der Waals surface area contributed by atoms with Crippen molar-refractivity contribution in [3.8, 4) is 0 Å². The molecule has 0 saturated heterocycles. The minimum atomic E-state index is -0.209. The van der Waals surface area contributed by atoms with E-state index in [1.165, 1.54) is 12.8 Å². The summed E-state index contributed by atoms with van der Waals surface area (Å²) >= 11 is 5.96. The zero-order chi connectivity index (χ0) is 15.9. The molecule has 1 aliphatic rings. The molecule has 2 rings (SSSR count). The summed E-state index contributed by atoms with van der Waals surface area (Å²) in [5, 5.41) is 9.15. The van der Waals surface area contributed by atoms with Crippen LogP contribution < -0.4 is 16.0 Å². The molecule has 2 amide bonds. The number of rotatable bonds is 8. The fourth-order valence-electron chi connectivity index (χ4n) is 2.06. The van der Waals surface area contributed by atoms with Crippen molar-refractivity contribution in [3.05, 3.63) is 28.8 Å². The number of nitrogens with one attached hydrogen (secondary N) is 3. The number of hydrogen-bond acceptors (Lipinski definition) is 3. The average molecular weight is 324 g/mol. The summed E-state index contributed by atoms with van der Waals surface area (Å²) in [7, 11) is 0. The first-order valence-electron chi connectivity index (χ1n) is 7.68. The molecule has 1 saturated carbocycles. The van der Waals surface area contributed by atoms with E-state index in [0.29, 0.717) is 28.7 Å². The van der Waals surface area contributed by atoms with Gasteiger partial charge in [0.05, 0.1) is 17.8 Å². The van der Waals surface area contributed by atoms with Gasteiger partial charge in [-0.3, -0.25) is 9.59 Å². The summed E-state index contributed by atoms with van der Waals surface area (Å²) in [6, 6.07) is 4.87. The van der Waals surface area contributed by atoms with E-state index in [9.17, 15) is 9.59 Å². The van der Waals surface area contributed by atoms with E-state index in [1.807, 2.05) is 6.92 Å². The maximum absolute atomic E-state index is 12.1. The first kappa shape index (κ1) is 16.8. The monoisotopic (exact) mass is 323 g/mol. The molecular weight excluding hydrogens is 302 g/mol. The second-order valence-corrected chi connectivity index (χ2v) is 6.00. The highest BCUT2D eigenvalue weighted by Crippen LogP contribution is 2.27. The zero-order valence-corrected chi connectivity index (χ0v) is 13.5. The molecule has 0 aliphatic heterocycles. The predicted octanol–water partition coefficient (Wildman–Crippen LogP) is 2.42. The summed E-state index contributed by atoms with van der Waals surface area (Å²) in [5.41, 5.74) is 0.868. The lowest BCUT2D eigenvalue weighted by molar-refractivity contribution is -0.115.